The first kappa shape index (κ1) is 22.6. The molecular weight excluding hydrogens is 422 g/mol. The van der Waals surface area contributed by atoms with Gasteiger partial charge in [0.25, 0.3) is 11.8 Å². The molecule has 2 amide bonds. The second-order valence-electron chi connectivity index (χ2n) is 6.63. The summed E-state index contributed by atoms with van der Waals surface area (Å²) in [7, 11) is 0. The van der Waals surface area contributed by atoms with E-state index in [1.54, 1.807) is 47.4 Å². The third kappa shape index (κ3) is 6.70. The second kappa shape index (κ2) is 11.3. The highest BCUT2D eigenvalue weighted by Gasteiger charge is 2.18. The Morgan fingerprint density at radius 1 is 1.13 bits per heavy atom. The Labute approximate surface area is 185 Å². The number of hydrazone groups is 1. The highest BCUT2D eigenvalue weighted by Crippen LogP contribution is 2.28. The molecule has 3 rings (SSSR count). The van der Waals surface area contributed by atoms with E-state index >= 15 is 0 Å². The smallest absolute Gasteiger partial charge is 0.271 e. The molecule has 0 unspecified atom stereocenters. The van der Waals surface area contributed by atoms with E-state index in [0.717, 1.165) is 0 Å². The van der Waals surface area contributed by atoms with Gasteiger partial charge in [-0.05, 0) is 55.0 Å². The molecule has 0 spiro atoms. The van der Waals surface area contributed by atoms with Crippen molar-refractivity contribution >= 4 is 29.6 Å². The van der Waals surface area contributed by atoms with Gasteiger partial charge in [-0.2, -0.15) is 5.10 Å². The Balaban J connectivity index is 1.59. The lowest BCUT2D eigenvalue weighted by molar-refractivity contribution is -0.137. The van der Waals surface area contributed by atoms with Gasteiger partial charge in [0, 0.05) is 23.7 Å². The van der Waals surface area contributed by atoms with Crippen LogP contribution in [-0.2, 0) is 9.53 Å². The molecule has 8 nitrogen and oxygen atoms in total. The fraction of sp³-hybridized carbons (Fsp3) is 0.318. The van der Waals surface area contributed by atoms with Crippen LogP contribution in [0.3, 0.4) is 0 Å². The van der Waals surface area contributed by atoms with Crippen LogP contribution < -0.4 is 14.9 Å². The highest BCUT2D eigenvalue weighted by molar-refractivity contribution is 6.30. The molecule has 0 radical (unpaired) electrons. The molecule has 1 aliphatic heterocycles. The van der Waals surface area contributed by atoms with Gasteiger partial charge in [0.2, 0.25) is 0 Å². The largest absolute Gasteiger partial charge is 0.490 e. The normalized spacial score (nSPS) is 13.8. The number of benzene rings is 2. The molecule has 164 valence electrons. The summed E-state index contributed by atoms with van der Waals surface area (Å²) >= 11 is 5.82. The number of rotatable bonds is 8. The van der Waals surface area contributed by atoms with Gasteiger partial charge >= 0.3 is 0 Å². The molecule has 0 bridgehead atoms. The third-order valence-electron chi connectivity index (χ3n) is 4.47. The van der Waals surface area contributed by atoms with Gasteiger partial charge in [0.05, 0.1) is 26.0 Å². The lowest BCUT2D eigenvalue weighted by Gasteiger charge is -2.26. The number of hydrogen-bond acceptors (Lipinski definition) is 6. The van der Waals surface area contributed by atoms with Crippen molar-refractivity contribution in [3.63, 3.8) is 0 Å². The zero-order valence-electron chi connectivity index (χ0n) is 17.2. The first-order valence-electron chi connectivity index (χ1n) is 9.91. The van der Waals surface area contributed by atoms with Crippen molar-refractivity contribution in [2.45, 2.75) is 6.92 Å². The van der Waals surface area contributed by atoms with Crippen molar-refractivity contribution in [1.29, 1.82) is 0 Å². The fourth-order valence-electron chi connectivity index (χ4n) is 2.87. The zero-order valence-corrected chi connectivity index (χ0v) is 17.9. The molecule has 1 saturated heterocycles. The van der Waals surface area contributed by atoms with Crippen LogP contribution in [0.5, 0.6) is 11.5 Å². The summed E-state index contributed by atoms with van der Waals surface area (Å²) in [6, 6.07) is 11.7. The first-order valence-corrected chi connectivity index (χ1v) is 10.3. The van der Waals surface area contributed by atoms with Crippen molar-refractivity contribution in [2.75, 3.05) is 39.5 Å². The lowest BCUT2D eigenvalue weighted by atomic mass is 10.2. The van der Waals surface area contributed by atoms with E-state index in [2.05, 4.69) is 10.5 Å². The average Bonchev–Trinajstić information content (AvgIpc) is 2.79. The molecule has 0 atom stereocenters. The summed E-state index contributed by atoms with van der Waals surface area (Å²) in [5.41, 5.74) is 3.61. The maximum absolute atomic E-state index is 12.3. The SMILES string of the molecule is CCOc1cc(/C=N/NC(=O)c2ccc(Cl)cc2)ccc1OCC(=O)N1CCOCC1. The molecule has 31 heavy (non-hydrogen) atoms. The van der Waals surface area contributed by atoms with Crippen molar-refractivity contribution in [3.05, 3.63) is 58.6 Å². The van der Waals surface area contributed by atoms with Crippen molar-refractivity contribution in [3.8, 4) is 11.5 Å². The number of ether oxygens (including phenoxy) is 3. The van der Waals surface area contributed by atoms with Gasteiger partial charge in [-0.25, -0.2) is 5.43 Å². The number of hydrogen-bond donors (Lipinski definition) is 1. The van der Waals surface area contributed by atoms with Gasteiger partial charge in [0.1, 0.15) is 0 Å². The molecule has 1 fully saturated rings. The first-order chi connectivity index (χ1) is 15.1. The molecule has 0 saturated carbocycles. The molecule has 0 aliphatic carbocycles. The number of amides is 2. The lowest BCUT2D eigenvalue weighted by Crippen LogP contribution is -2.43. The van der Waals surface area contributed by atoms with Crippen LogP contribution in [0.2, 0.25) is 5.02 Å². The Morgan fingerprint density at radius 2 is 1.87 bits per heavy atom. The Kier molecular flexibility index (Phi) is 8.26. The molecule has 1 N–H and O–H groups in total. The van der Waals surface area contributed by atoms with Crippen LogP contribution in [0.1, 0.15) is 22.8 Å². The van der Waals surface area contributed by atoms with E-state index in [0.29, 0.717) is 60.6 Å². The van der Waals surface area contributed by atoms with Crippen LogP contribution in [0.25, 0.3) is 0 Å². The molecule has 9 heteroatoms. The Morgan fingerprint density at radius 3 is 2.58 bits per heavy atom. The van der Waals surface area contributed by atoms with Crippen LogP contribution in [0.4, 0.5) is 0 Å². The predicted octanol–water partition coefficient (Wildman–Crippen LogP) is 2.74. The van der Waals surface area contributed by atoms with Gasteiger partial charge in [-0.1, -0.05) is 11.6 Å². The Hall–Kier alpha value is -3.10. The van der Waals surface area contributed by atoms with E-state index in [1.807, 2.05) is 6.92 Å². The van der Waals surface area contributed by atoms with E-state index in [-0.39, 0.29) is 18.4 Å². The average molecular weight is 446 g/mol. The quantitative estimate of drug-likeness (QED) is 0.498. The summed E-state index contributed by atoms with van der Waals surface area (Å²) in [5.74, 6) is 0.511. The van der Waals surface area contributed by atoms with Crippen molar-refractivity contribution in [2.24, 2.45) is 5.10 Å². The van der Waals surface area contributed by atoms with Gasteiger partial charge in [0.15, 0.2) is 18.1 Å². The summed E-state index contributed by atoms with van der Waals surface area (Å²) in [6.45, 7) is 4.43. The summed E-state index contributed by atoms with van der Waals surface area (Å²) < 4.78 is 16.6. The Bertz CT molecular complexity index is 927. The number of nitrogens with zero attached hydrogens (tertiary/aromatic N) is 2. The maximum atomic E-state index is 12.3. The van der Waals surface area contributed by atoms with Gasteiger partial charge in [-0.3, -0.25) is 9.59 Å². The monoisotopic (exact) mass is 445 g/mol. The number of nitrogens with one attached hydrogen (secondary N) is 1. The van der Waals surface area contributed by atoms with Crippen molar-refractivity contribution in [1.82, 2.24) is 10.3 Å². The number of morpholine rings is 1. The summed E-state index contributed by atoms with van der Waals surface area (Å²) in [5, 5.41) is 4.53. The summed E-state index contributed by atoms with van der Waals surface area (Å²) in [4.78, 5) is 26.1. The molecule has 0 aromatic heterocycles. The van der Waals surface area contributed by atoms with Crippen LogP contribution >= 0.6 is 11.6 Å². The zero-order chi connectivity index (χ0) is 22.1. The van der Waals surface area contributed by atoms with Gasteiger partial charge < -0.3 is 19.1 Å². The predicted molar refractivity (Wildman–Crippen MR) is 117 cm³/mol. The number of halogens is 1. The van der Waals surface area contributed by atoms with E-state index < -0.39 is 0 Å². The number of carbonyl (C=O) groups is 2. The van der Waals surface area contributed by atoms with E-state index in [9.17, 15) is 9.59 Å². The number of carbonyl (C=O) groups excluding carboxylic acids is 2. The molecule has 1 aliphatic rings. The molecule has 2 aromatic carbocycles. The van der Waals surface area contributed by atoms with E-state index in [1.165, 1.54) is 6.21 Å². The van der Waals surface area contributed by atoms with Crippen molar-refractivity contribution < 1.29 is 23.8 Å². The molecule has 1 heterocycles. The highest BCUT2D eigenvalue weighted by atomic mass is 35.5. The fourth-order valence-corrected chi connectivity index (χ4v) is 2.99. The second-order valence-corrected chi connectivity index (χ2v) is 7.06. The maximum Gasteiger partial charge on any atom is 0.271 e. The van der Waals surface area contributed by atoms with Crippen LogP contribution in [-0.4, -0.2) is 62.4 Å². The standard InChI is InChI=1S/C22H24ClN3O5/c1-2-30-20-13-16(14-24-25-22(28)17-4-6-18(23)7-5-17)3-8-19(20)31-15-21(27)26-9-11-29-12-10-26/h3-8,13-14H,2,9-12,15H2,1H3,(H,25,28)/b24-14+. The minimum atomic E-state index is -0.348. The minimum Gasteiger partial charge on any atom is -0.490 e. The summed E-state index contributed by atoms with van der Waals surface area (Å²) in [6.07, 6.45) is 1.50. The molecular formula is C22H24ClN3O5. The third-order valence-corrected chi connectivity index (χ3v) is 4.72. The molecule has 2 aromatic rings. The van der Waals surface area contributed by atoms with Gasteiger partial charge in [-0.15, -0.1) is 0 Å². The van der Waals surface area contributed by atoms with Crippen LogP contribution in [0.15, 0.2) is 47.6 Å². The van der Waals surface area contributed by atoms with E-state index in [4.69, 9.17) is 25.8 Å². The minimum absolute atomic E-state index is 0.0787. The van der Waals surface area contributed by atoms with Crippen LogP contribution in [0, 0.1) is 0 Å². The topological polar surface area (TPSA) is 89.5 Å².